The van der Waals surface area contributed by atoms with E-state index in [1.165, 1.54) is 146 Å². The van der Waals surface area contributed by atoms with Gasteiger partial charge in [0, 0.05) is 6.42 Å². The summed E-state index contributed by atoms with van der Waals surface area (Å²) in [5.74, 6) is -0.744. The van der Waals surface area contributed by atoms with Gasteiger partial charge in [-0.3, -0.25) is 9.59 Å². The lowest BCUT2D eigenvalue weighted by Crippen LogP contribution is -2.25. The van der Waals surface area contributed by atoms with Crippen LogP contribution in [0.3, 0.4) is 0 Å². The number of esters is 1. The molecule has 0 heterocycles. The molecule has 0 aliphatic carbocycles. The zero-order chi connectivity index (χ0) is 28.7. The van der Waals surface area contributed by atoms with Crippen molar-refractivity contribution in [2.24, 2.45) is 5.92 Å². The van der Waals surface area contributed by atoms with Gasteiger partial charge < -0.3 is 4.74 Å². The Morgan fingerprint density at radius 3 is 1.26 bits per heavy atom. The van der Waals surface area contributed by atoms with Crippen LogP contribution in [0.1, 0.15) is 194 Å². The van der Waals surface area contributed by atoms with E-state index in [1.54, 1.807) is 0 Å². The minimum Gasteiger partial charge on any atom is -0.465 e. The number of Topliss-reactive ketones (excluding diaryl/α,β-unsaturated/α-hetero) is 1. The van der Waals surface area contributed by atoms with Crippen molar-refractivity contribution in [3.05, 3.63) is 0 Å². The second-order valence-corrected chi connectivity index (χ2v) is 13.0. The third-order valence-electron chi connectivity index (χ3n) is 8.13. The van der Waals surface area contributed by atoms with Crippen LogP contribution >= 0.6 is 22.6 Å². The Morgan fingerprint density at radius 1 is 0.513 bits per heavy atom. The third kappa shape index (κ3) is 27.8. The SMILES string of the molecule is CCCCCCCCCCCCCCCOC(=O)C(CC)C(=O)CCCCCCCCCCCCCCCI. The van der Waals surface area contributed by atoms with Gasteiger partial charge in [0.15, 0.2) is 0 Å². The van der Waals surface area contributed by atoms with E-state index in [2.05, 4.69) is 29.5 Å². The van der Waals surface area contributed by atoms with E-state index in [-0.39, 0.29) is 11.8 Å². The maximum absolute atomic E-state index is 12.6. The Morgan fingerprint density at radius 2 is 0.872 bits per heavy atom. The van der Waals surface area contributed by atoms with E-state index in [9.17, 15) is 9.59 Å². The summed E-state index contributed by atoms with van der Waals surface area (Å²) in [5.41, 5.74) is 0. The molecule has 0 N–H and O–H groups in total. The van der Waals surface area contributed by atoms with Crippen molar-refractivity contribution in [2.75, 3.05) is 11.0 Å². The van der Waals surface area contributed by atoms with E-state index < -0.39 is 5.92 Å². The molecular formula is C35H67IO3. The summed E-state index contributed by atoms with van der Waals surface area (Å²) in [4.78, 5) is 25.0. The van der Waals surface area contributed by atoms with Gasteiger partial charge in [0.1, 0.15) is 11.7 Å². The number of unbranched alkanes of at least 4 members (excludes halogenated alkanes) is 24. The molecule has 4 heteroatoms. The Hall–Kier alpha value is -0.130. The molecule has 232 valence electrons. The molecule has 3 nitrogen and oxygen atoms in total. The second-order valence-electron chi connectivity index (χ2n) is 11.9. The fraction of sp³-hybridized carbons (Fsp3) is 0.943. The van der Waals surface area contributed by atoms with Crippen LogP contribution in [-0.4, -0.2) is 22.8 Å². The smallest absolute Gasteiger partial charge is 0.316 e. The maximum Gasteiger partial charge on any atom is 0.316 e. The lowest BCUT2D eigenvalue weighted by molar-refractivity contribution is -0.152. The molecular weight excluding hydrogens is 595 g/mol. The van der Waals surface area contributed by atoms with Crippen LogP contribution in [0.25, 0.3) is 0 Å². The fourth-order valence-corrected chi connectivity index (χ4v) is 5.97. The van der Waals surface area contributed by atoms with Gasteiger partial charge >= 0.3 is 5.97 Å². The van der Waals surface area contributed by atoms with Crippen LogP contribution in [0.15, 0.2) is 0 Å². The van der Waals surface area contributed by atoms with Crippen molar-refractivity contribution in [1.29, 1.82) is 0 Å². The van der Waals surface area contributed by atoms with E-state index in [0.717, 1.165) is 25.7 Å². The van der Waals surface area contributed by atoms with Crippen molar-refractivity contribution >= 4 is 34.3 Å². The van der Waals surface area contributed by atoms with Crippen LogP contribution in [-0.2, 0) is 14.3 Å². The summed E-state index contributed by atoms with van der Waals surface area (Å²) in [5, 5.41) is 0. The molecule has 0 bridgehead atoms. The molecule has 0 saturated carbocycles. The van der Waals surface area contributed by atoms with Crippen LogP contribution in [0.2, 0.25) is 0 Å². The highest BCUT2D eigenvalue weighted by molar-refractivity contribution is 14.1. The molecule has 0 aromatic rings. The molecule has 39 heavy (non-hydrogen) atoms. The van der Waals surface area contributed by atoms with Gasteiger partial charge in [-0.1, -0.05) is 184 Å². The predicted molar refractivity (Wildman–Crippen MR) is 179 cm³/mol. The van der Waals surface area contributed by atoms with E-state index in [1.807, 2.05) is 6.92 Å². The van der Waals surface area contributed by atoms with E-state index >= 15 is 0 Å². The molecule has 0 spiro atoms. The Kier molecular flexibility index (Phi) is 32.3. The molecule has 0 aliphatic heterocycles. The first kappa shape index (κ1) is 38.9. The summed E-state index contributed by atoms with van der Waals surface area (Å²) in [7, 11) is 0. The second kappa shape index (κ2) is 32.4. The average Bonchev–Trinajstić information content (AvgIpc) is 2.93. The molecule has 0 amide bonds. The fourth-order valence-electron chi connectivity index (χ4n) is 5.43. The quantitative estimate of drug-likeness (QED) is 0.0237. The first-order valence-corrected chi connectivity index (χ1v) is 18.9. The van der Waals surface area contributed by atoms with Crippen molar-refractivity contribution in [3.63, 3.8) is 0 Å². The summed E-state index contributed by atoms with van der Waals surface area (Å²) in [6.07, 6.45) is 35.1. The largest absolute Gasteiger partial charge is 0.465 e. The molecule has 0 saturated heterocycles. The summed E-state index contributed by atoms with van der Waals surface area (Å²) in [6.45, 7) is 4.67. The summed E-state index contributed by atoms with van der Waals surface area (Å²) in [6, 6.07) is 0. The van der Waals surface area contributed by atoms with E-state index in [0.29, 0.717) is 19.4 Å². The molecule has 0 radical (unpaired) electrons. The number of carbonyl (C=O) groups excluding carboxylic acids is 2. The highest BCUT2D eigenvalue weighted by Gasteiger charge is 2.25. The number of carbonyl (C=O) groups is 2. The highest BCUT2D eigenvalue weighted by Crippen LogP contribution is 2.17. The van der Waals surface area contributed by atoms with Gasteiger partial charge in [-0.2, -0.15) is 0 Å². The van der Waals surface area contributed by atoms with Gasteiger partial charge in [-0.25, -0.2) is 0 Å². The standard InChI is InChI=1S/C35H67IO3/c1-3-5-6-7-8-9-10-14-17-20-23-26-29-32-39-35(38)33(4-2)34(37)30-27-24-21-18-15-12-11-13-16-19-22-25-28-31-36/h33H,3-32H2,1-2H3. The summed E-state index contributed by atoms with van der Waals surface area (Å²) < 4.78 is 6.78. The lowest BCUT2D eigenvalue weighted by atomic mass is 9.96. The van der Waals surface area contributed by atoms with Gasteiger partial charge in [0.25, 0.3) is 0 Å². The first-order valence-electron chi connectivity index (χ1n) is 17.4. The maximum atomic E-state index is 12.6. The number of ketones is 1. The molecule has 1 unspecified atom stereocenters. The van der Waals surface area contributed by atoms with Gasteiger partial charge in [0.2, 0.25) is 0 Å². The zero-order valence-electron chi connectivity index (χ0n) is 26.4. The van der Waals surface area contributed by atoms with Gasteiger partial charge in [-0.15, -0.1) is 0 Å². The van der Waals surface area contributed by atoms with Crippen LogP contribution < -0.4 is 0 Å². The van der Waals surface area contributed by atoms with Gasteiger partial charge in [-0.05, 0) is 30.1 Å². The van der Waals surface area contributed by atoms with Crippen molar-refractivity contribution in [1.82, 2.24) is 0 Å². The predicted octanol–water partition coefficient (Wildman–Crippen LogP) is 12.1. The molecule has 0 fully saturated rings. The zero-order valence-corrected chi connectivity index (χ0v) is 28.6. The number of rotatable bonds is 32. The first-order chi connectivity index (χ1) is 19.2. The van der Waals surface area contributed by atoms with Crippen LogP contribution in [0, 0.1) is 5.92 Å². The minimum absolute atomic E-state index is 0.0892. The average molecular weight is 663 g/mol. The molecule has 1 atom stereocenters. The van der Waals surface area contributed by atoms with Crippen molar-refractivity contribution in [3.8, 4) is 0 Å². The Balaban J connectivity index is 3.55. The topological polar surface area (TPSA) is 43.4 Å². The highest BCUT2D eigenvalue weighted by atomic mass is 127. The molecule has 0 aromatic heterocycles. The normalized spacial score (nSPS) is 12.1. The number of alkyl halides is 1. The minimum atomic E-state index is -0.548. The lowest BCUT2D eigenvalue weighted by Gasteiger charge is -2.13. The van der Waals surface area contributed by atoms with E-state index in [4.69, 9.17) is 4.74 Å². The van der Waals surface area contributed by atoms with Gasteiger partial charge in [0.05, 0.1) is 6.61 Å². The number of ether oxygens (including phenoxy) is 1. The van der Waals surface area contributed by atoms with Crippen LogP contribution in [0.5, 0.6) is 0 Å². The third-order valence-corrected chi connectivity index (χ3v) is 8.89. The summed E-state index contributed by atoms with van der Waals surface area (Å²) >= 11 is 2.47. The number of hydrogen-bond acceptors (Lipinski definition) is 3. The molecule has 0 aromatic carbocycles. The molecule has 0 rings (SSSR count). The number of halogens is 1. The Labute approximate surface area is 258 Å². The molecule has 0 aliphatic rings. The van der Waals surface area contributed by atoms with Crippen molar-refractivity contribution < 1.29 is 14.3 Å². The van der Waals surface area contributed by atoms with Crippen LogP contribution in [0.4, 0.5) is 0 Å². The van der Waals surface area contributed by atoms with Crippen molar-refractivity contribution in [2.45, 2.75) is 194 Å². The number of hydrogen-bond donors (Lipinski definition) is 0. The Bertz CT molecular complexity index is 478. The monoisotopic (exact) mass is 662 g/mol.